The van der Waals surface area contributed by atoms with Crippen molar-refractivity contribution in [3.8, 4) is 0 Å². The number of hydrogen-bond acceptors (Lipinski definition) is 4. The molecule has 0 saturated carbocycles. The summed E-state index contributed by atoms with van der Waals surface area (Å²) in [4.78, 5) is 28.1. The van der Waals surface area contributed by atoms with Crippen LogP contribution in [0, 0.1) is 6.92 Å². The van der Waals surface area contributed by atoms with E-state index < -0.39 is 0 Å². The standard InChI is InChI=1S/C14H22N4O3/c1-4-17(5-2)13(19)11-7-6-8-18(11)14(20)15-12-9-10(3)16-21-12/h9,11H,4-8H2,1-3H3,(H,15,20). The quantitative estimate of drug-likeness (QED) is 0.919. The van der Waals surface area contributed by atoms with Gasteiger partial charge in [0, 0.05) is 25.7 Å². The minimum absolute atomic E-state index is 0.0152. The molecule has 1 aromatic heterocycles. The highest BCUT2D eigenvalue weighted by molar-refractivity contribution is 5.93. The van der Waals surface area contributed by atoms with E-state index >= 15 is 0 Å². The first kappa shape index (κ1) is 15.3. The Kier molecular flexibility index (Phi) is 4.82. The fourth-order valence-electron chi connectivity index (χ4n) is 2.61. The summed E-state index contributed by atoms with van der Waals surface area (Å²) in [6, 6.07) is 0.956. The van der Waals surface area contributed by atoms with Gasteiger partial charge in [0.15, 0.2) is 0 Å². The molecule has 21 heavy (non-hydrogen) atoms. The first-order chi connectivity index (χ1) is 10.1. The third-order valence-electron chi connectivity index (χ3n) is 3.73. The van der Waals surface area contributed by atoms with E-state index in [9.17, 15) is 9.59 Å². The fourth-order valence-corrected chi connectivity index (χ4v) is 2.61. The molecular formula is C14H22N4O3. The molecule has 1 saturated heterocycles. The van der Waals surface area contributed by atoms with Gasteiger partial charge in [-0.3, -0.25) is 10.1 Å². The zero-order valence-corrected chi connectivity index (χ0v) is 12.8. The van der Waals surface area contributed by atoms with E-state index in [0.29, 0.717) is 37.6 Å². The molecule has 1 aromatic rings. The molecule has 0 radical (unpaired) electrons. The van der Waals surface area contributed by atoms with Crippen molar-refractivity contribution in [2.24, 2.45) is 0 Å². The van der Waals surface area contributed by atoms with Crippen LogP contribution >= 0.6 is 0 Å². The average Bonchev–Trinajstić information content (AvgIpc) is 3.09. The van der Waals surface area contributed by atoms with Crippen LogP contribution in [0.5, 0.6) is 0 Å². The maximum atomic E-state index is 12.4. The van der Waals surface area contributed by atoms with Crippen LogP contribution in [-0.4, -0.2) is 52.6 Å². The van der Waals surface area contributed by atoms with Crippen LogP contribution in [-0.2, 0) is 4.79 Å². The van der Waals surface area contributed by atoms with E-state index in [0.717, 1.165) is 6.42 Å². The van der Waals surface area contributed by atoms with Gasteiger partial charge in [-0.15, -0.1) is 0 Å². The number of rotatable bonds is 4. The molecule has 0 aromatic carbocycles. The smallest absolute Gasteiger partial charge is 0.324 e. The molecule has 0 bridgehead atoms. The zero-order valence-electron chi connectivity index (χ0n) is 12.8. The van der Waals surface area contributed by atoms with E-state index in [-0.39, 0.29) is 18.0 Å². The van der Waals surface area contributed by atoms with Crippen molar-refractivity contribution in [2.75, 3.05) is 25.0 Å². The van der Waals surface area contributed by atoms with Gasteiger partial charge < -0.3 is 14.3 Å². The van der Waals surface area contributed by atoms with Gasteiger partial charge in [0.1, 0.15) is 6.04 Å². The molecule has 3 amide bonds. The Bertz CT molecular complexity index is 510. The number of amides is 3. The second-order valence-electron chi connectivity index (χ2n) is 5.12. The maximum absolute atomic E-state index is 12.4. The molecule has 7 heteroatoms. The van der Waals surface area contributed by atoms with Gasteiger partial charge in [-0.25, -0.2) is 4.79 Å². The lowest BCUT2D eigenvalue weighted by molar-refractivity contribution is -0.134. The lowest BCUT2D eigenvalue weighted by Crippen LogP contribution is -2.48. The van der Waals surface area contributed by atoms with Crippen LogP contribution in [0.15, 0.2) is 10.6 Å². The van der Waals surface area contributed by atoms with E-state index in [1.165, 1.54) is 0 Å². The molecule has 0 spiro atoms. The number of nitrogens with one attached hydrogen (secondary N) is 1. The van der Waals surface area contributed by atoms with Crippen LogP contribution in [0.1, 0.15) is 32.4 Å². The second-order valence-corrected chi connectivity index (χ2v) is 5.12. The molecule has 1 atom stereocenters. The number of urea groups is 1. The summed E-state index contributed by atoms with van der Waals surface area (Å²) < 4.78 is 4.98. The third kappa shape index (κ3) is 3.34. The molecule has 0 aliphatic carbocycles. The Morgan fingerprint density at radius 3 is 2.76 bits per heavy atom. The summed E-state index contributed by atoms with van der Waals surface area (Å²) >= 11 is 0. The summed E-state index contributed by atoms with van der Waals surface area (Å²) in [6.45, 7) is 7.56. The van der Waals surface area contributed by atoms with Crippen LogP contribution < -0.4 is 5.32 Å². The zero-order chi connectivity index (χ0) is 15.4. The Hall–Kier alpha value is -2.05. The van der Waals surface area contributed by atoms with E-state index in [1.54, 1.807) is 22.8 Å². The molecular weight excluding hydrogens is 272 g/mol. The van der Waals surface area contributed by atoms with Gasteiger partial charge in [0.25, 0.3) is 0 Å². The third-order valence-corrected chi connectivity index (χ3v) is 3.73. The van der Waals surface area contributed by atoms with Crippen molar-refractivity contribution in [1.82, 2.24) is 15.0 Å². The van der Waals surface area contributed by atoms with Crippen molar-refractivity contribution in [2.45, 2.75) is 39.7 Å². The highest BCUT2D eigenvalue weighted by atomic mass is 16.5. The molecule has 7 nitrogen and oxygen atoms in total. The van der Waals surface area contributed by atoms with Gasteiger partial charge in [-0.1, -0.05) is 5.16 Å². The number of hydrogen-bond donors (Lipinski definition) is 1. The molecule has 116 valence electrons. The molecule has 1 fully saturated rings. The number of carbonyl (C=O) groups excluding carboxylic acids is 2. The van der Waals surface area contributed by atoms with Crippen molar-refractivity contribution >= 4 is 17.8 Å². The van der Waals surface area contributed by atoms with Crippen LogP contribution in [0.3, 0.4) is 0 Å². The lowest BCUT2D eigenvalue weighted by Gasteiger charge is -2.28. The largest absolute Gasteiger partial charge is 0.341 e. The number of aryl methyl sites for hydroxylation is 1. The predicted octanol–water partition coefficient (Wildman–Crippen LogP) is 1.85. The summed E-state index contributed by atoms with van der Waals surface area (Å²) in [5.41, 5.74) is 0.697. The number of carbonyl (C=O) groups is 2. The van der Waals surface area contributed by atoms with Crippen LogP contribution in [0.2, 0.25) is 0 Å². The topological polar surface area (TPSA) is 78.7 Å². The van der Waals surface area contributed by atoms with Crippen molar-refractivity contribution in [3.63, 3.8) is 0 Å². The van der Waals surface area contributed by atoms with Crippen LogP contribution in [0.4, 0.5) is 10.7 Å². The number of nitrogens with zero attached hydrogens (tertiary/aromatic N) is 3. The van der Waals surface area contributed by atoms with Gasteiger partial charge in [-0.2, -0.15) is 0 Å². The highest BCUT2D eigenvalue weighted by Gasteiger charge is 2.36. The second kappa shape index (κ2) is 6.60. The summed E-state index contributed by atoms with van der Waals surface area (Å²) in [5, 5.41) is 6.37. The molecule has 2 heterocycles. The molecule has 1 aliphatic rings. The Balaban J connectivity index is 2.03. The minimum atomic E-state index is -0.381. The first-order valence-corrected chi connectivity index (χ1v) is 7.36. The molecule has 1 aliphatic heterocycles. The lowest BCUT2D eigenvalue weighted by atomic mass is 10.2. The van der Waals surface area contributed by atoms with Crippen molar-refractivity contribution in [1.29, 1.82) is 0 Å². The minimum Gasteiger partial charge on any atom is -0.341 e. The van der Waals surface area contributed by atoms with Gasteiger partial charge >= 0.3 is 6.03 Å². The van der Waals surface area contributed by atoms with Gasteiger partial charge in [-0.05, 0) is 33.6 Å². The molecule has 2 rings (SSSR count). The Morgan fingerprint density at radius 2 is 2.19 bits per heavy atom. The van der Waals surface area contributed by atoms with Crippen molar-refractivity contribution in [3.05, 3.63) is 11.8 Å². The summed E-state index contributed by atoms with van der Waals surface area (Å²) in [6.07, 6.45) is 1.54. The normalized spacial score (nSPS) is 17.9. The predicted molar refractivity (Wildman–Crippen MR) is 77.9 cm³/mol. The molecule has 1 N–H and O–H groups in total. The van der Waals surface area contributed by atoms with E-state index in [4.69, 9.17) is 4.52 Å². The fraction of sp³-hybridized carbons (Fsp3) is 0.643. The number of likely N-dealkylation sites (N-methyl/N-ethyl adjacent to an activating group) is 1. The van der Waals surface area contributed by atoms with E-state index in [1.807, 2.05) is 13.8 Å². The van der Waals surface area contributed by atoms with E-state index in [2.05, 4.69) is 10.5 Å². The van der Waals surface area contributed by atoms with Crippen LogP contribution in [0.25, 0.3) is 0 Å². The van der Waals surface area contributed by atoms with Crippen molar-refractivity contribution < 1.29 is 14.1 Å². The number of likely N-dealkylation sites (tertiary alicyclic amines) is 1. The Labute approximate surface area is 124 Å². The number of anilines is 1. The first-order valence-electron chi connectivity index (χ1n) is 7.36. The Morgan fingerprint density at radius 1 is 1.48 bits per heavy atom. The van der Waals surface area contributed by atoms with Gasteiger partial charge in [0.2, 0.25) is 11.8 Å². The summed E-state index contributed by atoms with van der Waals surface area (Å²) in [7, 11) is 0. The average molecular weight is 294 g/mol. The number of aromatic nitrogens is 1. The molecule has 1 unspecified atom stereocenters. The van der Waals surface area contributed by atoms with Gasteiger partial charge in [0.05, 0.1) is 5.69 Å². The maximum Gasteiger partial charge on any atom is 0.324 e. The SMILES string of the molecule is CCN(CC)C(=O)C1CCCN1C(=O)Nc1cc(C)no1. The highest BCUT2D eigenvalue weighted by Crippen LogP contribution is 2.21. The summed E-state index contributed by atoms with van der Waals surface area (Å²) in [5.74, 6) is 0.319. The monoisotopic (exact) mass is 294 g/mol.